The van der Waals surface area contributed by atoms with Crippen LogP contribution in [0.15, 0.2) is 121 Å². The van der Waals surface area contributed by atoms with Gasteiger partial charge in [0, 0.05) is 5.41 Å². The summed E-state index contributed by atoms with van der Waals surface area (Å²) in [7, 11) is 9.87. The minimum atomic E-state index is -0.826. The molecule has 0 nitrogen and oxygen atoms in total. The van der Waals surface area contributed by atoms with Crippen molar-refractivity contribution in [1.29, 1.82) is 0 Å². The topological polar surface area (TPSA) is 0 Å². The number of rotatable bonds is 8. The van der Waals surface area contributed by atoms with Crippen molar-refractivity contribution in [3.8, 4) is 0 Å². The Morgan fingerprint density at radius 3 is 1.56 bits per heavy atom. The van der Waals surface area contributed by atoms with Crippen molar-refractivity contribution in [3.05, 3.63) is 147 Å². The van der Waals surface area contributed by atoms with Crippen LogP contribution >= 0.6 is 17.0 Å². The monoisotopic (exact) mass is 790 g/mol. The molecule has 0 heterocycles. The molecule has 2 aromatic carbocycles. The first-order valence-electron chi connectivity index (χ1n) is 18.0. The molecule has 2 aromatic rings. The van der Waals surface area contributed by atoms with Gasteiger partial charge in [-0.15, -0.1) is 6.58 Å². The Kier molecular flexibility index (Phi) is 17.1. The van der Waals surface area contributed by atoms with Gasteiger partial charge in [-0.25, -0.2) is 0 Å². The average molecular weight is 793 g/mol. The standard InChI is InChI=1S/C44H56.CH4.2CH3.2ClH.Zr/c1-8-9-12-17-31-22-23-36(28-31)44(32-18-13-10-14-19-32,33-20-15-11-16-21-33)41-39-29-34(42(2,3)4)24-26-37(39)38-27-25-35(30-40(38)41)43(5,6)7;;;;;;/h8,10-11,13-16,18-21,24-27,29-31,36-41H,1,9,12,17,22-23,28H2,2-7H3;1H4;2*1H3;2*1H;/q;;2*-1;;;+4/p-2. The van der Waals surface area contributed by atoms with E-state index in [-0.39, 0.29) is 38.5 Å². The van der Waals surface area contributed by atoms with Crippen LogP contribution in [-0.2, 0) is 26.3 Å². The zero-order valence-corrected chi connectivity index (χ0v) is 35.5. The number of benzene rings is 2. The van der Waals surface area contributed by atoms with Crippen LogP contribution in [0.2, 0.25) is 0 Å². The van der Waals surface area contributed by atoms with Gasteiger partial charge in [0.1, 0.15) is 0 Å². The molecule has 0 spiro atoms. The van der Waals surface area contributed by atoms with Crippen LogP contribution in [0, 0.1) is 67.1 Å². The molecule has 2 saturated carbocycles. The molecule has 6 atom stereocenters. The van der Waals surface area contributed by atoms with E-state index in [1.165, 1.54) is 54.4 Å². The average Bonchev–Trinajstić information content (AvgIpc) is 3.65. The molecule has 6 unspecified atom stereocenters. The van der Waals surface area contributed by atoms with Gasteiger partial charge >= 0.3 is 37.9 Å². The molecule has 3 heteroatoms. The molecule has 0 aliphatic heterocycles. The van der Waals surface area contributed by atoms with Crippen LogP contribution in [0.1, 0.15) is 98.6 Å². The minimum absolute atomic E-state index is 0. The molecule has 50 heavy (non-hydrogen) atoms. The number of fused-ring (bicyclic) bond motifs is 3. The summed E-state index contributed by atoms with van der Waals surface area (Å²) in [6, 6.07) is 23.6. The van der Waals surface area contributed by atoms with Crippen molar-refractivity contribution in [2.75, 3.05) is 0 Å². The third kappa shape index (κ3) is 9.21. The molecular formula is C47H66Cl2Zr. The fourth-order valence-electron chi connectivity index (χ4n) is 9.78. The van der Waals surface area contributed by atoms with E-state index in [1.54, 1.807) is 0 Å². The van der Waals surface area contributed by atoms with Gasteiger partial charge in [0.25, 0.3) is 0 Å². The number of halogens is 2. The van der Waals surface area contributed by atoms with Crippen LogP contribution in [0.3, 0.4) is 0 Å². The van der Waals surface area contributed by atoms with E-state index in [4.69, 9.17) is 17.0 Å². The molecule has 0 radical (unpaired) electrons. The quantitative estimate of drug-likeness (QED) is 0.142. The third-order valence-corrected chi connectivity index (χ3v) is 11.9. The van der Waals surface area contributed by atoms with E-state index >= 15 is 0 Å². The predicted octanol–water partition coefficient (Wildman–Crippen LogP) is 14.8. The predicted molar refractivity (Wildman–Crippen MR) is 221 cm³/mol. The van der Waals surface area contributed by atoms with E-state index in [9.17, 15) is 0 Å². The molecule has 272 valence electrons. The second-order valence-corrected chi connectivity index (χ2v) is 20.3. The summed E-state index contributed by atoms with van der Waals surface area (Å²) in [5, 5.41) is 0. The molecule has 0 saturated heterocycles. The molecule has 2 fully saturated rings. The summed E-state index contributed by atoms with van der Waals surface area (Å²) in [5.74, 6) is 3.93. The van der Waals surface area contributed by atoms with E-state index < -0.39 is 20.8 Å². The van der Waals surface area contributed by atoms with E-state index in [2.05, 4.69) is 151 Å². The van der Waals surface area contributed by atoms with Crippen molar-refractivity contribution in [2.45, 2.75) is 92.9 Å². The van der Waals surface area contributed by atoms with Crippen molar-refractivity contribution in [3.63, 3.8) is 0 Å². The van der Waals surface area contributed by atoms with E-state index in [0.717, 1.165) is 12.3 Å². The molecule has 0 N–H and O–H groups in total. The zero-order chi connectivity index (χ0) is 33.8. The first-order valence-corrected chi connectivity index (χ1v) is 24.3. The molecule has 0 amide bonds. The number of hydrogen-bond acceptors (Lipinski definition) is 0. The Labute approximate surface area is 327 Å². The van der Waals surface area contributed by atoms with Gasteiger partial charge in [-0.1, -0.05) is 165 Å². The van der Waals surface area contributed by atoms with Crippen LogP contribution < -0.4 is 0 Å². The maximum atomic E-state index is 4.93. The summed E-state index contributed by atoms with van der Waals surface area (Å²) in [6.07, 6.45) is 25.5. The summed E-state index contributed by atoms with van der Waals surface area (Å²) >= 11 is -0.826. The van der Waals surface area contributed by atoms with Crippen molar-refractivity contribution in [1.82, 2.24) is 0 Å². The van der Waals surface area contributed by atoms with Crippen LogP contribution in [0.4, 0.5) is 0 Å². The summed E-state index contributed by atoms with van der Waals surface area (Å²) in [6.45, 7) is 18.4. The Morgan fingerprint density at radius 1 is 0.720 bits per heavy atom. The fourth-order valence-corrected chi connectivity index (χ4v) is 9.78. The van der Waals surface area contributed by atoms with E-state index in [0.29, 0.717) is 35.5 Å². The SMILES string of the molecule is C.C=CCCCC1CCC(C(c2ccccc2)(c2ccccc2)C2C3C=C(C(C)(C)C)C=CC3C3C=CC(C(C)(C)C)=CC32)C1.[CH3-].[CH3-].[Cl][Zr+2][Cl]. The fraction of sp³-hybridized carbons (Fsp3) is 0.489. The zero-order valence-electron chi connectivity index (χ0n) is 31.6. The Hall–Kier alpha value is -1.40. The van der Waals surface area contributed by atoms with Crippen molar-refractivity contribution >= 4 is 17.0 Å². The normalized spacial score (nSPS) is 26.6. The van der Waals surface area contributed by atoms with Gasteiger partial charge in [0.15, 0.2) is 0 Å². The van der Waals surface area contributed by atoms with Crippen molar-refractivity contribution in [2.24, 2.45) is 52.3 Å². The summed E-state index contributed by atoms with van der Waals surface area (Å²) in [4.78, 5) is 0. The second kappa shape index (κ2) is 19.1. The van der Waals surface area contributed by atoms with Gasteiger partial charge in [0.2, 0.25) is 0 Å². The Balaban J connectivity index is 0.00000140. The molecule has 4 aliphatic rings. The maximum absolute atomic E-state index is 4.93. The number of hydrogen-bond donors (Lipinski definition) is 0. The first kappa shape index (κ1) is 44.8. The molecule has 4 aliphatic carbocycles. The Bertz CT molecular complexity index is 1360. The molecule has 0 bridgehead atoms. The van der Waals surface area contributed by atoms with Crippen molar-refractivity contribution < 1.29 is 20.8 Å². The van der Waals surface area contributed by atoms with Crippen LogP contribution in [0.5, 0.6) is 0 Å². The Morgan fingerprint density at radius 2 is 1.16 bits per heavy atom. The van der Waals surface area contributed by atoms with Crippen LogP contribution in [-0.4, -0.2) is 0 Å². The first-order chi connectivity index (χ1) is 22.5. The summed E-state index contributed by atoms with van der Waals surface area (Å²) in [5.41, 5.74) is 6.29. The van der Waals surface area contributed by atoms with Crippen LogP contribution in [0.25, 0.3) is 0 Å². The molecule has 0 aromatic heterocycles. The van der Waals surface area contributed by atoms with Gasteiger partial charge in [0.05, 0.1) is 0 Å². The number of allylic oxidation sites excluding steroid dienone is 9. The van der Waals surface area contributed by atoms with Gasteiger partial charge in [-0.3, -0.25) is 0 Å². The van der Waals surface area contributed by atoms with Gasteiger partial charge in [-0.2, -0.15) is 0 Å². The van der Waals surface area contributed by atoms with Gasteiger partial charge < -0.3 is 14.9 Å². The molecular weight excluding hydrogens is 727 g/mol. The summed E-state index contributed by atoms with van der Waals surface area (Å²) < 4.78 is 0. The second-order valence-electron chi connectivity index (χ2n) is 16.6. The molecule has 6 rings (SSSR count). The third-order valence-electron chi connectivity index (χ3n) is 11.9. The van der Waals surface area contributed by atoms with Gasteiger partial charge in [-0.05, 0) is 100 Å². The number of unbranched alkanes of at least 4 members (excludes halogenated alkanes) is 1. The van der Waals surface area contributed by atoms with E-state index in [1.807, 2.05) is 0 Å².